The number of nitrogens with zero attached hydrogens (tertiary/aromatic N) is 3. The zero-order valence-electron chi connectivity index (χ0n) is 15.4. The molecule has 3 rings (SSSR count). The van der Waals surface area contributed by atoms with E-state index in [2.05, 4.69) is 47.1 Å². The smallest absolute Gasteiger partial charge is 0.223 e. The molecule has 25 heavy (non-hydrogen) atoms. The number of anilines is 1. The second-order valence-electron chi connectivity index (χ2n) is 7.52. The van der Waals surface area contributed by atoms with Gasteiger partial charge in [0, 0.05) is 64.0 Å². The number of piperazine rings is 1. The molecule has 2 heterocycles. The fourth-order valence-corrected chi connectivity index (χ4v) is 3.95. The third kappa shape index (κ3) is 4.95. The van der Waals surface area contributed by atoms with Gasteiger partial charge in [-0.3, -0.25) is 9.69 Å². The molecule has 1 aromatic carbocycles. The molecule has 0 saturated carbocycles. The van der Waals surface area contributed by atoms with Crippen LogP contribution in [-0.4, -0.2) is 67.6 Å². The van der Waals surface area contributed by atoms with Gasteiger partial charge < -0.3 is 15.5 Å². The molecule has 1 aromatic rings. The van der Waals surface area contributed by atoms with Crippen LogP contribution in [0.5, 0.6) is 0 Å². The Labute approximate surface area is 151 Å². The Kier molecular flexibility index (Phi) is 6.32. The number of likely N-dealkylation sites (tertiary alicyclic amines) is 1. The van der Waals surface area contributed by atoms with E-state index in [-0.39, 0.29) is 6.04 Å². The molecule has 2 fully saturated rings. The van der Waals surface area contributed by atoms with Gasteiger partial charge in [-0.25, -0.2) is 0 Å². The minimum absolute atomic E-state index is 0.182. The second kappa shape index (κ2) is 8.68. The summed E-state index contributed by atoms with van der Waals surface area (Å²) in [5, 5.41) is 0. The normalized spacial score (nSPS) is 23.5. The zero-order valence-corrected chi connectivity index (χ0v) is 15.4. The Morgan fingerprint density at radius 1 is 1.16 bits per heavy atom. The van der Waals surface area contributed by atoms with Crippen molar-refractivity contribution >= 4 is 11.6 Å². The third-order valence-corrected chi connectivity index (χ3v) is 5.69. The number of para-hydroxylation sites is 1. The van der Waals surface area contributed by atoms with Crippen molar-refractivity contribution in [2.45, 2.75) is 32.2 Å². The van der Waals surface area contributed by atoms with Gasteiger partial charge in [-0.1, -0.05) is 18.2 Å². The van der Waals surface area contributed by atoms with Crippen LogP contribution in [0.3, 0.4) is 0 Å². The van der Waals surface area contributed by atoms with E-state index < -0.39 is 0 Å². The first-order chi connectivity index (χ1) is 12.1. The van der Waals surface area contributed by atoms with Gasteiger partial charge in [-0.15, -0.1) is 0 Å². The van der Waals surface area contributed by atoms with Crippen molar-refractivity contribution in [3.8, 4) is 0 Å². The molecule has 2 saturated heterocycles. The molecule has 0 radical (unpaired) electrons. The Balaban J connectivity index is 1.40. The second-order valence-corrected chi connectivity index (χ2v) is 7.52. The molecule has 2 unspecified atom stereocenters. The predicted octanol–water partition coefficient (Wildman–Crippen LogP) is 1.78. The molecule has 0 aromatic heterocycles. The molecule has 2 atom stereocenters. The predicted molar refractivity (Wildman–Crippen MR) is 103 cm³/mol. The van der Waals surface area contributed by atoms with Crippen molar-refractivity contribution in [1.29, 1.82) is 0 Å². The summed E-state index contributed by atoms with van der Waals surface area (Å²) < 4.78 is 0. The van der Waals surface area contributed by atoms with Crippen LogP contribution < -0.4 is 10.6 Å². The van der Waals surface area contributed by atoms with Crippen molar-refractivity contribution in [3.05, 3.63) is 30.3 Å². The molecule has 0 aliphatic carbocycles. The van der Waals surface area contributed by atoms with Crippen LogP contribution in [0.25, 0.3) is 0 Å². The highest BCUT2D eigenvalue weighted by atomic mass is 16.2. The highest BCUT2D eigenvalue weighted by Gasteiger charge is 2.26. The van der Waals surface area contributed by atoms with Crippen LogP contribution in [0.1, 0.15) is 26.2 Å². The summed E-state index contributed by atoms with van der Waals surface area (Å²) in [5.41, 5.74) is 7.33. The Morgan fingerprint density at radius 2 is 1.88 bits per heavy atom. The highest BCUT2D eigenvalue weighted by molar-refractivity contribution is 5.76. The molecule has 2 aliphatic rings. The average molecular weight is 345 g/mol. The quantitative estimate of drug-likeness (QED) is 0.885. The third-order valence-electron chi connectivity index (χ3n) is 5.69. The number of benzene rings is 1. The zero-order chi connectivity index (χ0) is 17.6. The molecule has 5 heteroatoms. The maximum Gasteiger partial charge on any atom is 0.223 e. The van der Waals surface area contributed by atoms with Crippen LogP contribution >= 0.6 is 0 Å². The fourth-order valence-electron chi connectivity index (χ4n) is 3.95. The number of carbonyl (C=O) groups is 1. The molecule has 138 valence electrons. The molecular weight excluding hydrogens is 312 g/mol. The van der Waals surface area contributed by atoms with E-state index in [1.54, 1.807) is 0 Å². The minimum Gasteiger partial charge on any atom is -0.369 e. The van der Waals surface area contributed by atoms with Crippen molar-refractivity contribution in [2.75, 3.05) is 50.7 Å². The maximum atomic E-state index is 12.5. The number of hydrogen-bond acceptors (Lipinski definition) is 4. The fraction of sp³-hybridized carbons (Fsp3) is 0.650. The summed E-state index contributed by atoms with van der Waals surface area (Å²) in [5.74, 6) is 0.767. The highest BCUT2D eigenvalue weighted by Crippen LogP contribution is 2.20. The van der Waals surface area contributed by atoms with E-state index in [0.29, 0.717) is 18.2 Å². The van der Waals surface area contributed by atoms with Crippen LogP contribution in [-0.2, 0) is 4.79 Å². The van der Waals surface area contributed by atoms with Gasteiger partial charge in [0.05, 0.1) is 0 Å². The number of amides is 1. The topological polar surface area (TPSA) is 52.8 Å². The summed E-state index contributed by atoms with van der Waals surface area (Å²) in [6, 6.07) is 10.8. The monoisotopic (exact) mass is 344 g/mol. The molecule has 5 nitrogen and oxygen atoms in total. The van der Waals surface area contributed by atoms with Gasteiger partial charge in [-0.2, -0.15) is 0 Å². The standard InChI is InChI=1S/C20H32N4O/c1-17(21)18-6-5-10-24(16-18)20(25)9-11-22-12-14-23(15-13-22)19-7-3-2-4-8-19/h2-4,7-8,17-18H,5-6,9-16,21H2,1H3. The number of rotatable bonds is 5. The van der Waals surface area contributed by atoms with Gasteiger partial charge >= 0.3 is 0 Å². The van der Waals surface area contributed by atoms with Crippen LogP contribution in [0, 0.1) is 5.92 Å². The van der Waals surface area contributed by atoms with E-state index in [0.717, 1.165) is 58.7 Å². The first-order valence-electron chi connectivity index (χ1n) is 9.69. The van der Waals surface area contributed by atoms with Gasteiger partial charge in [0.15, 0.2) is 0 Å². The largest absolute Gasteiger partial charge is 0.369 e. The van der Waals surface area contributed by atoms with Gasteiger partial charge in [0.2, 0.25) is 5.91 Å². The van der Waals surface area contributed by atoms with Gasteiger partial charge in [-0.05, 0) is 37.8 Å². The van der Waals surface area contributed by atoms with Crippen LogP contribution in [0.4, 0.5) is 5.69 Å². The maximum absolute atomic E-state index is 12.5. The minimum atomic E-state index is 0.182. The van der Waals surface area contributed by atoms with E-state index in [4.69, 9.17) is 5.73 Å². The van der Waals surface area contributed by atoms with Crippen LogP contribution in [0.2, 0.25) is 0 Å². The van der Waals surface area contributed by atoms with Gasteiger partial charge in [0.25, 0.3) is 0 Å². The SMILES string of the molecule is CC(N)C1CCCN(C(=O)CCN2CCN(c3ccccc3)CC2)C1. The molecule has 2 aliphatic heterocycles. The number of carbonyl (C=O) groups excluding carboxylic acids is 1. The lowest BCUT2D eigenvalue weighted by Crippen LogP contribution is -2.48. The van der Waals surface area contributed by atoms with Crippen molar-refractivity contribution in [3.63, 3.8) is 0 Å². The summed E-state index contributed by atoms with van der Waals surface area (Å²) in [4.78, 5) is 19.4. The lowest BCUT2D eigenvalue weighted by molar-refractivity contribution is -0.133. The van der Waals surface area contributed by atoms with Crippen molar-refractivity contribution in [1.82, 2.24) is 9.80 Å². The Hall–Kier alpha value is -1.59. The Bertz CT molecular complexity index is 540. The van der Waals surface area contributed by atoms with Gasteiger partial charge in [0.1, 0.15) is 0 Å². The van der Waals surface area contributed by atoms with Crippen LogP contribution in [0.15, 0.2) is 30.3 Å². The lowest BCUT2D eigenvalue weighted by Gasteiger charge is -2.37. The summed E-state index contributed by atoms with van der Waals surface area (Å²) in [7, 11) is 0. The van der Waals surface area contributed by atoms with E-state index in [1.165, 1.54) is 5.69 Å². The van der Waals surface area contributed by atoms with E-state index >= 15 is 0 Å². The number of nitrogens with two attached hydrogens (primary N) is 1. The Morgan fingerprint density at radius 3 is 2.56 bits per heavy atom. The molecule has 0 spiro atoms. The van der Waals surface area contributed by atoms with Crippen molar-refractivity contribution < 1.29 is 4.79 Å². The molecule has 2 N–H and O–H groups in total. The summed E-state index contributed by atoms with van der Waals surface area (Å²) in [6.45, 7) is 8.83. The lowest BCUT2D eigenvalue weighted by atomic mass is 9.92. The molecule has 0 bridgehead atoms. The van der Waals surface area contributed by atoms with E-state index in [1.807, 2.05) is 4.90 Å². The number of hydrogen-bond donors (Lipinski definition) is 1. The van der Waals surface area contributed by atoms with Crippen molar-refractivity contribution in [2.24, 2.45) is 11.7 Å². The molecular formula is C20H32N4O. The summed E-state index contributed by atoms with van der Waals surface area (Å²) in [6.07, 6.45) is 2.88. The average Bonchev–Trinajstić information content (AvgIpc) is 2.67. The summed E-state index contributed by atoms with van der Waals surface area (Å²) >= 11 is 0. The van der Waals surface area contributed by atoms with E-state index in [9.17, 15) is 4.79 Å². The first-order valence-corrected chi connectivity index (χ1v) is 9.69. The number of piperidine rings is 1. The molecule has 1 amide bonds. The first kappa shape index (κ1) is 18.2.